The number of anilines is 1. The van der Waals surface area contributed by atoms with Crippen LogP contribution in [0.1, 0.15) is 60.4 Å². The van der Waals surface area contributed by atoms with E-state index < -0.39 is 5.92 Å². The number of benzene rings is 3. The molecule has 4 nitrogen and oxygen atoms in total. The number of thioether (sulfide) groups is 1. The van der Waals surface area contributed by atoms with E-state index in [1.54, 1.807) is 11.8 Å². The van der Waals surface area contributed by atoms with Crippen molar-refractivity contribution in [3.8, 4) is 6.07 Å². The number of aryl methyl sites for hydroxylation is 2. The summed E-state index contributed by atoms with van der Waals surface area (Å²) in [7, 11) is 0. The molecule has 5 rings (SSSR count). The predicted octanol–water partition coefficient (Wildman–Crippen LogP) is 8.61. The zero-order valence-electron chi connectivity index (χ0n) is 23.6. The molecule has 0 fully saturated rings. The summed E-state index contributed by atoms with van der Waals surface area (Å²) in [4.78, 5) is 17.1. The van der Waals surface area contributed by atoms with Crippen molar-refractivity contribution in [1.82, 2.24) is 0 Å². The minimum atomic E-state index is -0.488. The van der Waals surface area contributed by atoms with Crippen molar-refractivity contribution in [3.05, 3.63) is 116 Å². The molecule has 0 amide bonds. The summed E-state index contributed by atoms with van der Waals surface area (Å²) < 4.78 is 0.954. The highest BCUT2D eigenvalue weighted by Gasteiger charge is 2.45. The highest BCUT2D eigenvalue weighted by atomic mass is 79.9. The van der Waals surface area contributed by atoms with Gasteiger partial charge in [0.15, 0.2) is 5.78 Å². The molecule has 0 saturated carbocycles. The number of Topliss-reactive ketones (excluding diaryl/α,β-unsaturated/α-hetero) is 1. The summed E-state index contributed by atoms with van der Waals surface area (Å²) in [6.45, 7) is 10.5. The van der Waals surface area contributed by atoms with Crippen molar-refractivity contribution in [2.24, 2.45) is 11.1 Å². The lowest BCUT2D eigenvalue weighted by atomic mass is 9.68. The molecule has 0 radical (unpaired) electrons. The predicted molar refractivity (Wildman–Crippen MR) is 168 cm³/mol. The number of carbonyl (C=O) groups is 1. The first-order valence-electron chi connectivity index (χ1n) is 13.5. The molecule has 0 saturated heterocycles. The van der Waals surface area contributed by atoms with Crippen LogP contribution >= 0.6 is 27.7 Å². The Kier molecular flexibility index (Phi) is 7.74. The van der Waals surface area contributed by atoms with Crippen LogP contribution in [0.4, 0.5) is 5.69 Å². The third-order valence-electron chi connectivity index (χ3n) is 7.89. The Labute approximate surface area is 250 Å². The van der Waals surface area contributed by atoms with Crippen molar-refractivity contribution in [1.29, 1.82) is 5.26 Å². The molecule has 1 atom stereocenters. The molecule has 0 aromatic heterocycles. The minimum Gasteiger partial charge on any atom is -0.384 e. The number of rotatable bonds is 5. The number of nitrogens with zero attached hydrogens (tertiary/aromatic N) is 2. The Balaban J connectivity index is 1.66. The van der Waals surface area contributed by atoms with Crippen molar-refractivity contribution in [3.63, 3.8) is 0 Å². The SMILES string of the molecule is Cc1ccc(SCc2cc(C)cc(C3C(C#N)=C(N)N(c4ccc(Br)cc4)C4=C3C(=O)CC(C)(C)C4)c2C)cc1. The number of ketones is 1. The smallest absolute Gasteiger partial charge is 0.162 e. The number of allylic oxidation sites excluding steroid dienone is 3. The number of hydrogen-bond acceptors (Lipinski definition) is 5. The van der Waals surface area contributed by atoms with Crippen LogP contribution < -0.4 is 10.6 Å². The van der Waals surface area contributed by atoms with E-state index >= 15 is 0 Å². The van der Waals surface area contributed by atoms with Gasteiger partial charge in [-0.3, -0.25) is 9.69 Å². The fourth-order valence-corrected chi connectivity index (χ4v) is 7.13. The van der Waals surface area contributed by atoms with Crippen LogP contribution in [0.2, 0.25) is 0 Å². The maximum atomic E-state index is 14.0. The van der Waals surface area contributed by atoms with Crippen LogP contribution in [0.5, 0.6) is 0 Å². The Morgan fingerprint density at radius 3 is 2.35 bits per heavy atom. The van der Waals surface area contributed by atoms with Gasteiger partial charge in [0, 0.05) is 38.5 Å². The van der Waals surface area contributed by atoms with E-state index in [4.69, 9.17) is 5.73 Å². The van der Waals surface area contributed by atoms with Crippen LogP contribution in [-0.2, 0) is 10.5 Å². The topological polar surface area (TPSA) is 70.1 Å². The Morgan fingerprint density at radius 2 is 1.70 bits per heavy atom. The van der Waals surface area contributed by atoms with Gasteiger partial charge in [0.25, 0.3) is 0 Å². The van der Waals surface area contributed by atoms with Crippen LogP contribution in [-0.4, -0.2) is 5.78 Å². The second-order valence-electron chi connectivity index (χ2n) is 11.7. The molecule has 1 heterocycles. The lowest BCUT2D eigenvalue weighted by Gasteiger charge is -2.44. The van der Waals surface area contributed by atoms with Crippen LogP contribution in [0.15, 0.2) is 92.7 Å². The summed E-state index contributed by atoms with van der Waals surface area (Å²) >= 11 is 5.31. The fourth-order valence-electron chi connectivity index (χ4n) is 5.91. The second-order valence-corrected chi connectivity index (χ2v) is 13.7. The van der Waals surface area contributed by atoms with Gasteiger partial charge in [0.2, 0.25) is 0 Å². The minimum absolute atomic E-state index is 0.0927. The van der Waals surface area contributed by atoms with Crippen molar-refractivity contribution < 1.29 is 4.79 Å². The van der Waals surface area contributed by atoms with Crippen molar-refractivity contribution >= 4 is 39.2 Å². The molecule has 0 spiro atoms. The van der Waals surface area contributed by atoms with Gasteiger partial charge in [-0.1, -0.05) is 65.2 Å². The Hall–Kier alpha value is -3.27. The maximum absolute atomic E-state index is 14.0. The summed E-state index contributed by atoms with van der Waals surface area (Å²) in [5, 5.41) is 10.5. The molecule has 1 unspecified atom stereocenters. The van der Waals surface area contributed by atoms with Gasteiger partial charge < -0.3 is 5.73 Å². The molecule has 204 valence electrons. The molecule has 40 heavy (non-hydrogen) atoms. The quantitative estimate of drug-likeness (QED) is 0.292. The van der Waals surface area contributed by atoms with Gasteiger partial charge >= 0.3 is 0 Å². The van der Waals surface area contributed by atoms with Gasteiger partial charge in [-0.25, -0.2) is 0 Å². The number of hydrogen-bond donors (Lipinski definition) is 1. The highest BCUT2D eigenvalue weighted by Crippen LogP contribution is 2.51. The van der Waals surface area contributed by atoms with E-state index in [9.17, 15) is 10.1 Å². The van der Waals surface area contributed by atoms with Gasteiger partial charge in [0.05, 0.1) is 17.6 Å². The molecule has 1 aliphatic carbocycles. The highest BCUT2D eigenvalue weighted by molar-refractivity contribution is 9.10. The molecule has 1 aliphatic heterocycles. The first kappa shape index (κ1) is 28.3. The van der Waals surface area contributed by atoms with Crippen LogP contribution in [0.3, 0.4) is 0 Å². The van der Waals surface area contributed by atoms with E-state index in [0.29, 0.717) is 29.8 Å². The van der Waals surface area contributed by atoms with Gasteiger partial charge in [0.1, 0.15) is 5.82 Å². The number of carbonyl (C=O) groups excluding carboxylic acids is 1. The van der Waals surface area contributed by atoms with Gasteiger partial charge in [-0.15, -0.1) is 11.8 Å². The summed E-state index contributed by atoms with van der Waals surface area (Å²) in [5.74, 6) is 0.805. The molecule has 3 aromatic carbocycles. The number of nitriles is 1. The summed E-state index contributed by atoms with van der Waals surface area (Å²) in [6.07, 6.45) is 1.14. The van der Waals surface area contributed by atoms with Crippen molar-refractivity contribution in [2.75, 3.05) is 4.90 Å². The third kappa shape index (κ3) is 5.38. The largest absolute Gasteiger partial charge is 0.384 e. The van der Waals surface area contributed by atoms with E-state index in [0.717, 1.165) is 38.3 Å². The molecular formula is C34H34BrN3OS. The first-order valence-corrected chi connectivity index (χ1v) is 15.3. The monoisotopic (exact) mass is 611 g/mol. The standard InChI is InChI=1S/C34H34BrN3OS/c1-20-6-12-26(13-7-20)40-19-23-14-21(2)15-27(22(23)3)31-28(18-36)33(37)38(25-10-8-24(35)9-11-25)29-16-34(4,5)17-30(39)32(29)31/h6-15,31H,16-17,19,37H2,1-5H3. The third-order valence-corrected chi connectivity index (χ3v) is 9.48. The molecular weight excluding hydrogens is 578 g/mol. The molecule has 2 aliphatic rings. The number of nitrogens with two attached hydrogens (primary N) is 1. The summed E-state index contributed by atoms with van der Waals surface area (Å²) in [6, 6.07) is 23.2. The summed E-state index contributed by atoms with van der Waals surface area (Å²) in [5.41, 5.74) is 15.2. The van der Waals surface area contributed by atoms with E-state index in [-0.39, 0.29) is 11.2 Å². The van der Waals surface area contributed by atoms with Crippen molar-refractivity contribution in [2.45, 2.75) is 64.0 Å². The Bertz CT molecular complexity index is 1590. The molecule has 3 aromatic rings. The van der Waals surface area contributed by atoms with E-state index in [2.05, 4.69) is 93.0 Å². The average Bonchev–Trinajstić information content (AvgIpc) is 2.89. The van der Waals surface area contributed by atoms with Crippen LogP contribution in [0, 0.1) is 37.5 Å². The van der Waals surface area contributed by atoms with Gasteiger partial charge in [-0.2, -0.15) is 5.26 Å². The average molecular weight is 613 g/mol. The number of halogens is 1. The van der Waals surface area contributed by atoms with E-state index in [1.165, 1.54) is 16.0 Å². The molecule has 6 heteroatoms. The lowest BCUT2D eigenvalue weighted by Crippen LogP contribution is -2.42. The van der Waals surface area contributed by atoms with Gasteiger partial charge in [-0.05, 0) is 85.7 Å². The molecule has 0 bridgehead atoms. The molecule has 2 N–H and O–H groups in total. The first-order chi connectivity index (χ1) is 19.0. The van der Waals surface area contributed by atoms with Crippen LogP contribution in [0.25, 0.3) is 0 Å². The zero-order chi connectivity index (χ0) is 28.8. The van der Waals surface area contributed by atoms with E-state index in [1.807, 2.05) is 29.2 Å². The fraction of sp³-hybridized carbons (Fsp3) is 0.294. The maximum Gasteiger partial charge on any atom is 0.162 e. The lowest BCUT2D eigenvalue weighted by molar-refractivity contribution is -0.118. The second kappa shape index (κ2) is 11.0. The zero-order valence-corrected chi connectivity index (χ0v) is 26.0. The normalized spacial score (nSPS) is 18.6. The Morgan fingerprint density at radius 1 is 1.02 bits per heavy atom.